The molecule has 0 aliphatic carbocycles. The minimum atomic E-state index is 0.441. The van der Waals surface area contributed by atoms with Crippen LogP contribution < -0.4 is 4.74 Å². The molecule has 100 valence electrons. The van der Waals surface area contributed by atoms with Gasteiger partial charge in [0.2, 0.25) is 0 Å². The molecule has 0 bridgehead atoms. The molecule has 0 saturated carbocycles. The molecule has 0 saturated heterocycles. The summed E-state index contributed by atoms with van der Waals surface area (Å²) in [7, 11) is 1.63. The second-order valence-corrected chi connectivity index (χ2v) is 4.90. The van der Waals surface area contributed by atoms with E-state index in [0.717, 1.165) is 27.8 Å². The minimum absolute atomic E-state index is 0.441. The van der Waals surface area contributed by atoms with Gasteiger partial charge in [0.1, 0.15) is 10.9 Å². The normalized spacial score (nSPS) is 10.8. The van der Waals surface area contributed by atoms with Crippen molar-refractivity contribution in [1.29, 1.82) is 0 Å². The van der Waals surface area contributed by atoms with Crippen molar-refractivity contribution >= 4 is 22.5 Å². The van der Waals surface area contributed by atoms with E-state index in [1.54, 1.807) is 7.11 Å². The molecule has 4 heteroatoms. The topological polar surface area (TPSA) is 35.0 Å². The quantitative estimate of drug-likeness (QED) is 0.659. The van der Waals surface area contributed by atoms with Crippen LogP contribution in [0, 0.1) is 6.92 Å². The van der Waals surface area contributed by atoms with Crippen molar-refractivity contribution in [1.82, 2.24) is 9.97 Å². The zero-order chi connectivity index (χ0) is 14.1. The fraction of sp³-hybridized carbons (Fsp3) is 0.125. The third-order valence-electron chi connectivity index (χ3n) is 3.19. The summed E-state index contributed by atoms with van der Waals surface area (Å²) in [5.41, 5.74) is 2.82. The summed E-state index contributed by atoms with van der Waals surface area (Å²) in [5.74, 6) is 1.39. The Morgan fingerprint density at radius 3 is 2.50 bits per heavy atom. The first-order valence-corrected chi connectivity index (χ1v) is 6.64. The molecule has 0 unspecified atom stereocenters. The van der Waals surface area contributed by atoms with Gasteiger partial charge in [0.25, 0.3) is 0 Å². The monoisotopic (exact) mass is 284 g/mol. The maximum atomic E-state index is 6.31. The molecule has 1 aromatic heterocycles. The van der Waals surface area contributed by atoms with E-state index < -0.39 is 0 Å². The molecule has 0 N–H and O–H groups in total. The second kappa shape index (κ2) is 5.10. The van der Waals surface area contributed by atoms with Crippen LogP contribution in [0.4, 0.5) is 0 Å². The molecule has 2 aromatic carbocycles. The van der Waals surface area contributed by atoms with Gasteiger partial charge in [-0.2, -0.15) is 0 Å². The molecule has 3 nitrogen and oxygen atoms in total. The third kappa shape index (κ3) is 2.21. The maximum Gasteiger partial charge on any atom is 0.161 e. The van der Waals surface area contributed by atoms with Crippen LogP contribution in [0.15, 0.2) is 42.5 Å². The number of fused-ring (bicyclic) bond motifs is 1. The predicted octanol–water partition coefficient (Wildman–Crippen LogP) is 4.27. The Hall–Kier alpha value is -2.13. The van der Waals surface area contributed by atoms with E-state index in [2.05, 4.69) is 9.97 Å². The average Bonchev–Trinajstić information content (AvgIpc) is 2.48. The number of aromatic nitrogens is 2. The summed E-state index contributed by atoms with van der Waals surface area (Å²) in [4.78, 5) is 9.02. The lowest BCUT2D eigenvalue weighted by Crippen LogP contribution is -1.95. The van der Waals surface area contributed by atoms with Crippen LogP contribution in [0.3, 0.4) is 0 Å². The van der Waals surface area contributed by atoms with Crippen molar-refractivity contribution in [3.8, 4) is 17.1 Å². The van der Waals surface area contributed by atoms with Crippen LogP contribution >= 0.6 is 11.6 Å². The fourth-order valence-corrected chi connectivity index (χ4v) is 2.39. The molecule has 0 atom stereocenters. The Bertz CT molecular complexity index is 772. The minimum Gasteiger partial charge on any atom is -0.497 e. The third-order valence-corrected chi connectivity index (χ3v) is 3.47. The molecular formula is C16H13ClN2O. The average molecular weight is 285 g/mol. The standard InChI is InChI=1S/C16H13ClN2O/c1-10-8-12(20-2)9-13-14(10)18-16(19-15(13)17)11-6-4-3-5-7-11/h3-9H,1-2H3. The summed E-state index contributed by atoms with van der Waals surface area (Å²) in [6, 6.07) is 13.6. The Labute approximate surface area is 122 Å². The smallest absolute Gasteiger partial charge is 0.161 e. The summed E-state index contributed by atoms with van der Waals surface area (Å²) < 4.78 is 5.26. The van der Waals surface area contributed by atoms with Gasteiger partial charge in [-0.3, -0.25) is 0 Å². The first-order chi connectivity index (χ1) is 9.69. The van der Waals surface area contributed by atoms with Crippen LogP contribution in [0.5, 0.6) is 5.75 Å². The lowest BCUT2D eigenvalue weighted by Gasteiger charge is -2.09. The van der Waals surface area contributed by atoms with E-state index in [4.69, 9.17) is 16.3 Å². The summed E-state index contributed by atoms with van der Waals surface area (Å²) >= 11 is 6.31. The highest BCUT2D eigenvalue weighted by atomic mass is 35.5. The highest BCUT2D eigenvalue weighted by Crippen LogP contribution is 2.30. The maximum absolute atomic E-state index is 6.31. The zero-order valence-electron chi connectivity index (χ0n) is 11.2. The van der Waals surface area contributed by atoms with E-state index >= 15 is 0 Å². The van der Waals surface area contributed by atoms with Crippen molar-refractivity contribution in [3.63, 3.8) is 0 Å². The lowest BCUT2D eigenvalue weighted by atomic mass is 10.1. The first-order valence-electron chi connectivity index (χ1n) is 6.26. The summed E-state index contributed by atoms with van der Waals surface area (Å²) in [5, 5.41) is 1.25. The molecule has 3 aromatic rings. The highest BCUT2D eigenvalue weighted by molar-refractivity contribution is 6.34. The van der Waals surface area contributed by atoms with Gasteiger partial charge in [-0.1, -0.05) is 41.9 Å². The van der Waals surface area contributed by atoms with Gasteiger partial charge in [-0.15, -0.1) is 0 Å². The molecule has 0 amide bonds. The number of ether oxygens (including phenoxy) is 1. The largest absolute Gasteiger partial charge is 0.497 e. The van der Waals surface area contributed by atoms with Gasteiger partial charge in [-0.25, -0.2) is 9.97 Å². The van der Waals surface area contributed by atoms with Crippen molar-refractivity contribution in [2.75, 3.05) is 7.11 Å². The number of hydrogen-bond acceptors (Lipinski definition) is 3. The fourth-order valence-electron chi connectivity index (χ4n) is 2.17. The molecule has 1 heterocycles. The molecule has 0 fully saturated rings. The van der Waals surface area contributed by atoms with E-state index in [1.807, 2.05) is 49.4 Å². The summed E-state index contributed by atoms with van der Waals surface area (Å²) in [6.45, 7) is 1.99. The second-order valence-electron chi connectivity index (χ2n) is 4.54. The number of halogens is 1. The number of benzene rings is 2. The molecular weight excluding hydrogens is 272 g/mol. The van der Waals surface area contributed by atoms with Crippen molar-refractivity contribution in [2.45, 2.75) is 6.92 Å². The SMILES string of the molecule is COc1cc(C)c2nc(-c3ccccc3)nc(Cl)c2c1. The van der Waals surface area contributed by atoms with Crippen molar-refractivity contribution in [2.24, 2.45) is 0 Å². The zero-order valence-corrected chi connectivity index (χ0v) is 12.0. The molecule has 3 rings (SSSR count). The lowest BCUT2D eigenvalue weighted by molar-refractivity contribution is 0.415. The van der Waals surface area contributed by atoms with E-state index in [9.17, 15) is 0 Å². The highest BCUT2D eigenvalue weighted by Gasteiger charge is 2.11. The van der Waals surface area contributed by atoms with Gasteiger partial charge in [-0.05, 0) is 24.6 Å². The van der Waals surface area contributed by atoms with Crippen LogP contribution in [-0.4, -0.2) is 17.1 Å². The Morgan fingerprint density at radius 1 is 1.05 bits per heavy atom. The van der Waals surface area contributed by atoms with Crippen molar-refractivity contribution in [3.05, 3.63) is 53.2 Å². The summed E-state index contributed by atoms with van der Waals surface area (Å²) in [6.07, 6.45) is 0. The number of nitrogens with zero attached hydrogens (tertiary/aromatic N) is 2. The molecule has 20 heavy (non-hydrogen) atoms. The number of hydrogen-bond donors (Lipinski definition) is 0. The number of methoxy groups -OCH3 is 1. The van der Waals surface area contributed by atoms with E-state index in [1.165, 1.54) is 0 Å². The van der Waals surface area contributed by atoms with Gasteiger partial charge in [0, 0.05) is 10.9 Å². The predicted molar refractivity (Wildman–Crippen MR) is 81.3 cm³/mol. The van der Waals surface area contributed by atoms with Gasteiger partial charge in [0.15, 0.2) is 5.82 Å². The Morgan fingerprint density at radius 2 is 1.80 bits per heavy atom. The molecule has 0 aliphatic rings. The van der Waals surface area contributed by atoms with E-state index in [0.29, 0.717) is 11.0 Å². The van der Waals surface area contributed by atoms with Crippen LogP contribution in [-0.2, 0) is 0 Å². The van der Waals surface area contributed by atoms with Crippen LogP contribution in [0.25, 0.3) is 22.3 Å². The van der Waals surface area contributed by atoms with Crippen LogP contribution in [0.1, 0.15) is 5.56 Å². The number of aryl methyl sites for hydroxylation is 1. The van der Waals surface area contributed by atoms with Crippen LogP contribution in [0.2, 0.25) is 5.15 Å². The Kier molecular flexibility index (Phi) is 3.28. The van der Waals surface area contributed by atoms with Gasteiger partial charge < -0.3 is 4.74 Å². The van der Waals surface area contributed by atoms with Crippen molar-refractivity contribution < 1.29 is 4.74 Å². The molecule has 0 spiro atoms. The Balaban J connectivity index is 2.27. The van der Waals surface area contributed by atoms with Gasteiger partial charge in [0.05, 0.1) is 12.6 Å². The number of rotatable bonds is 2. The van der Waals surface area contributed by atoms with Gasteiger partial charge >= 0.3 is 0 Å². The van der Waals surface area contributed by atoms with E-state index in [-0.39, 0.29) is 0 Å². The molecule has 0 radical (unpaired) electrons. The first kappa shape index (κ1) is 12.9. The molecule has 0 aliphatic heterocycles.